The lowest BCUT2D eigenvalue weighted by molar-refractivity contribution is -0.485. The van der Waals surface area contributed by atoms with E-state index in [0.29, 0.717) is 19.4 Å². The number of nitrogens with one attached hydrogen (secondary N) is 3. The smallest absolute Gasteiger partial charge is 0.266 e. The Balaban J connectivity index is 2.57. The summed E-state index contributed by atoms with van der Waals surface area (Å²) in [4.78, 5) is 34.5. The number of nitrogens with zero attached hydrogens (tertiary/aromatic N) is 2. The molecule has 12 nitrogen and oxygen atoms in total. The van der Waals surface area contributed by atoms with Crippen LogP contribution < -0.4 is 27.4 Å². The minimum atomic E-state index is -1.49. The first-order valence-electron chi connectivity index (χ1n) is 9.48. The fourth-order valence-corrected chi connectivity index (χ4v) is 2.55. The van der Waals surface area contributed by atoms with Gasteiger partial charge in [-0.15, -0.1) is 0 Å². The van der Waals surface area contributed by atoms with E-state index < -0.39 is 35.0 Å². The number of carbonyl (C=O) groups is 2. The van der Waals surface area contributed by atoms with Gasteiger partial charge in [-0.3, -0.25) is 9.59 Å². The Labute approximate surface area is 174 Å². The molecular formula is C18H29N7O5. The number of carbonyl (C=O) groups excluding carboxylic acids is 2. The van der Waals surface area contributed by atoms with E-state index in [0.717, 1.165) is 5.56 Å². The minimum absolute atomic E-state index is 0.191. The van der Waals surface area contributed by atoms with Crippen LogP contribution in [0.15, 0.2) is 35.4 Å². The van der Waals surface area contributed by atoms with E-state index in [-0.39, 0.29) is 18.9 Å². The molecule has 0 bridgehead atoms. The summed E-state index contributed by atoms with van der Waals surface area (Å²) in [6, 6.07) is 7.82. The summed E-state index contributed by atoms with van der Waals surface area (Å²) in [6.45, 7) is 1.99. The van der Waals surface area contributed by atoms with Crippen molar-refractivity contribution in [2.24, 2.45) is 16.6 Å². The Morgan fingerprint density at radius 2 is 1.87 bits per heavy atom. The molecule has 1 aromatic carbocycles. The third kappa shape index (κ3) is 9.80. The molecular weight excluding hydrogens is 394 g/mol. The second-order valence-electron chi connectivity index (χ2n) is 6.67. The van der Waals surface area contributed by atoms with Gasteiger partial charge in [-0.05, 0) is 31.7 Å². The molecule has 0 heterocycles. The number of guanidine groups is 1. The van der Waals surface area contributed by atoms with Crippen LogP contribution in [-0.4, -0.2) is 59.2 Å². The first-order valence-corrected chi connectivity index (χ1v) is 9.48. The van der Waals surface area contributed by atoms with Crippen LogP contribution in [0.5, 0.6) is 0 Å². The number of hydrazone groups is 1. The zero-order valence-electron chi connectivity index (χ0n) is 16.8. The number of aliphatic hydroxyl groups excluding tert-OH is 1. The molecule has 3 atom stereocenters. The quantitative estimate of drug-likeness (QED) is 0.0760. The Morgan fingerprint density at radius 1 is 1.20 bits per heavy atom. The fourth-order valence-electron chi connectivity index (χ4n) is 2.55. The van der Waals surface area contributed by atoms with Gasteiger partial charge in [-0.25, -0.2) is 10.1 Å². The zero-order valence-corrected chi connectivity index (χ0v) is 16.8. The number of aliphatic hydroxyl groups is 1. The predicted octanol–water partition coefficient (Wildman–Crippen LogP) is -1.59. The van der Waals surface area contributed by atoms with Gasteiger partial charge < -0.3 is 32.5 Å². The molecule has 0 aliphatic rings. The third-order valence-electron chi connectivity index (χ3n) is 4.13. The first-order chi connectivity index (χ1) is 14.2. The number of amides is 2. The van der Waals surface area contributed by atoms with E-state index >= 15 is 0 Å². The van der Waals surface area contributed by atoms with Gasteiger partial charge in [0.05, 0.1) is 12.1 Å². The van der Waals surface area contributed by atoms with Gasteiger partial charge >= 0.3 is 0 Å². The molecule has 0 aromatic heterocycles. The Hall–Kier alpha value is -3.25. The number of hydrogen-bond acceptors (Lipinski definition) is 6. The van der Waals surface area contributed by atoms with Gasteiger partial charge in [-0.1, -0.05) is 30.3 Å². The van der Waals surface area contributed by atoms with Gasteiger partial charge in [0.15, 0.2) is 11.1 Å². The lowest BCUT2D eigenvalue weighted by atomic mass is 10.0. The highest BCUT2D eigenvalue weighted by Crippen LogP contribution is 2.05. The monoisotopic (exact) mass is 423 g/mol. The van der Waals surface area contributed by atoms with Crippen LogP contribution in [0.4, 0.5) is 0 Å². The van der Waals surface area contributed by atoms with E-state index in [1.807, 2.05) is 30.3 Å². The van der Waals surface area contributed by atoms with Crippen LogP contribution in [0, 0.1) is 10.1 Å². The topological polar surface area (TPSA) is 198 Å². The molecule has 12 heteroatoms. The maximum absolute atomic E-state index is 12.3. The summed E-state index contributed by atoms with van der Waals surface area (Å²) in [5, 5.41) is 30.3. The van der Waals surface area contributed by atoms with E-state index in [9.17, 15) is 24.8 Å². The summed E-state index contributed by atoms with van der Waals surface area (Å²) in [5.41, 5.74) is 11.9. The van der Waals surface area contributed by atoms with Crippen molar-refractivity contribution in [3.63, 3.8) is 0 Å². The normalized spacial score (nSPS) is 14.3. The second kappa shape index (κ2) is 13.1. The van der Waals surface area contributed by atoms with E-state index in [4.69, 9.17) is 11.5 Å². The van der Waals surface area contributed by atoms with E-state index in [2.05, 4.69) is 21.1 Å². The van der Waals surface area contributed by atoms with Crippen LogP contribution >= 0.6 is 0 Å². The van der Waals surface area contributed by atoms with Gasteiger partial charge in [-0.2, -0.15) is 0 Å². The maximum atomic E-state index is 12.3. The van der Waals surface area contributed by atoms with Crippen LogP contribution in [0.2, 0.25) is 0 Å². The largest absolute Gasteiger partial charge is 0.381 e. The molecule has 1 rings (SSSR count). The molecule has 8 N–H and O–H groups in total. The SMILES string of the molecule is CC(N)C(=O)NC(CCCN/C(N)=N/[N+](=O)[O-])C(O)C(=O)NCCc1ccccc1. The van der Waals surface area contributed by atoms with Crippen LogP contribution in [0.1, 0.15) is 25.3 Å². The highest BCUT2D eigenvalue weighted by molar-refractivity contribution is 5.84. The van der Waals surface area contributed by atoms with Crippen molar-refractivity contribution in [1.82, 2.24) is 16.0 Å². The molecule has 2 amide bonds. The highest BCUT2D eigenvalue weighted by atomic mass is 16.7. The van der Waals surface area contributed by atoms with Crippen molar-refractivity contribution in [1.29, 1.82) is 0 Å². The Bertz CT molecular complexity index is 727. The predicted molar refractivity (Wildman–Crippen MR) is 111 cm³/mol. The Kier molecular flexibility index (Phi) is 10.8. The van der Waals surface area contributed by atoms with Crippen molar-refractivity contribution in [3.8, 4) is 0 Å². The summed E-state index contributed by atoms with van der Waals surface area (Å²) in [6.07, 6.45) is -0.362. The molecule has 1 aromatic rings. The summed E-state index contributed by atoms with van der Waals surface area (Å²) < 4.78 is 0. The summed E-state index contributed by atoms with van der Waals surface area (Å²) >= 11 is 0. The number of nitrogens with two attached hydrogens (primary N) is 2. The van der Waals surface area contributed by atoms with E-state index in [1.165, 1.54) is 6.92 Å². The Morgan fingerprint density at radius 3 is 2.47 bits per heavy atom. The third-order valence-corrected chi connectivity index (χ3v) is 4.13. The molecule has 0 saturated heterocycles. The van der Waals surface area contributed by atoms with Gasteiger partial charge in [0.2, 0.25) is 5.91 Å². The minimum Gasteiger partial charge on any atom is -0.381 e. The summed E-state index contributed by atoms with van der Waals surface area (Å²) in [5.74, 6) is -1.50. The van der Waals surface area contributed by atoms with Crippen molar-refractivity contribution in [3.05, 3.63) is 46.0 Å². The van der Waals surface area contributed by atoms with Crippen molar-refractivity contribution >= 4 is 17.8 Å². The van der Waals surface area contributed by atoms with Crippen LogP contribution in [0.3, 0.4) is 0 Å². The number of nitro groups is 1. The lowest BCUT2D eigenvalue weighted by Gasteiger charge is -2.24. The van der Waals surface area contributed by atoms with Crippen molar-refractivity contribution < 1.29 is 19.7 Å². The molecule has 0 saturated carbocycles. The number of hydrogen-bond donors (Lipinski definition) is 6. The standard InChI is InChI=1S/C18H29N7O5/c1-12(19)16(27)23-14(8-5-10-22-18(20)24-25(29)30)15(26)17(28)21-11-9-13-6-3-2-4-7-13/h2-4,6-7,12,14-15,26H,5,8-11,19H2,1H3,(H,21,28)(H,23,27)(H3,20,22,24). The molecule has 166 valence electrons. The highest BCUT2D eigenvalue weighted by Gasteiger charge is 2.27. The van der Waals surface area contributed by atoms with Crippen molar-refractivity contribution in [2.45, 2.75) is 44.4 Å². The zero-order chi connectivity index (χ0) is 22.5. The molecule has 0 spiro atoms. The number of benzene rings is 1. The average Bonchev–Trinajstić information content (AvgIpc) is 2.69. The molecule has 0 radical (unpaired) electrons. The fraction of sp³-hybridized carbons (Fsp3) is 0.500. The maximum Gasteiger partial charge on any atom is 0.266 e. The van der Waals surface area contributed by atoms with E-state index in [1.54, 1.807) is 0 Å². The molecule has 0 aliphatic heterocycles. The second-order valence-corrected chi connectivity index (χ2v) is 6.67. The van der Waals surface area contributed by atoms with Gasteiger partial charge in [0.25, 0.3) is 11.9 Å². The average molecular weight is 423 g/mol. The van der Waals surface area contributed by atoms with Crippen LogP contribution in [0.25, 0.3) is 0 Å². The molecule has 0 aliphatic carbocycles. The van der Waals surface area contributed by atoms with Crippen LogP contribution in [-0.2, 0) is 16.0 Å². The van der Waals surface area contributed by atoms with Crippen molar-refractivity contribution in [2.75, 3.05) is 13.1 Å². The first kappa shape index (κ1) is 24.8. The lowest BCUT2D eigenvalue weighted by Crippen LogP contribution is -2.53. The molecule has 0 fully saturated rings. The molecule has 30 heavy (non-hydrogen) atoms. The van der Waals surface area contributed by atoms with Gasteiger partial charge in [0.1, 0.15) is 5.10 Å². The summed E-state index contributed by atoms with van der Waals surface area (Å²) in [7, 11) is 0. The van der Waals surface area contributed by atoms with Gasteiger partial charge in [0, 0.05) is 13.1 Å². The molecule has 3 unspecified atom stereocenters. The number of rotatable bonds is 12.